The molecule has 31 heavy (non-hydrogen) atoms. The van der Waals surface area contributed by atoms with Crippen LogP contribution in [-0.2, 0) is 32.0 Å². The molecule has 7 nitrogen and oxygen atoms in total. The van der Waals surface area contributed by atoms with E-state index in [1.54, 1.807) is 41.5 Å². The summed E-state index contributed by atoms with van der Waals surface area (Å²) < 4.78 is 12.2. The normalized spacial score (nSPS) is 11.5. The van der Waals surface area contributed by atoms with Gasteiger partial charge in [0.2, 0.25) is 0 Å². The molecule has 0 aliphatic rings. The fourth-order valence-corrected chi connectivity index (χ4v) is 4.40. The topological polar surface area (TPSA) is 87.0 Å². The molecule has 3 rings (SSSR count). The number of hydrogen-bond donors (Lipinski definition) is 0. The molecule has 162 valence electrons. The molecule has 9 heteroatoms. The van der Waals surface area contributed by atoms with E-state index < -0.39 is 11.9 Å². The Kier molecular flexibility index (Phi) is 7.64. The van der Waals surface area contributed by atoms with Crippen molar-refractivity contribution in [3.05, 3.63) is 58.4 Å². The molecule has 0 radical (unpaired) electrons. The Morgan fingerprint density at radius 1 is 1.13 bits per heavy atom. The molecule has 3 aromatic rings. The van der Waals surface area contributed by atoms with Crippen molar-refractivity contribution in [3.63, 3.8) is 0 Å². The number of carbonyl (C=O) groups is 3. The first-order valence-electron chi connectivity index (χ1n) is 9.53. The van der Waals surface area contributed by atoms with Crippen LogP contribution in [0.15, 0.2) is 52.4 Å². The third-order valence-electron chi connectivity index (χ3n) is 4.44. The molecule has 1 amide bonds. The summed E-state index contributed by atoms with van der Waals surface area (Å²) >= 11 is 2.86. The van der Waals surface area contributed by atoms with Gasteiger partial charge in [-0.2, -0.15) is 4.99 Å². The second-order valence-electron chi connectivity index (χ2n) is 6.48. The molecule has 0 atom stereocenters. The zero-order chi connectivity index (χ0) is 22.4. The van der Waals surface area contributed by atoms with Gasteiger partial charge in [-0.25, -0.2) is 4.79 Å². The molecule has 0 aliphatic carbocycles. The van der Waals surface area contributed by atoms with Gasteiger partial charge < -0.3 is 14.0 Å². The Bertz CT molecular complexity index is 1180. The Morgan fingerprint density at radius 2 is 1.87 bits per heavy atom. The van der Waals surface area contributed by atoms with Crippen molar-refractivity contribution in [1.29, 1.82) is 0 Å². The average molecular weight is 459 g/mol. The van der Waals surface area contributed by atoms with E-state index in [0.29, 0.717) is 20.6 Å². The summed E-state index contributed by atoms with van der Waals surface area (Å²) in [5.74, 6) is -1.22. The summed E-state index contributed by atoms with van der Waals surface area (Å²) in [6, 6.07) is 12.7. The molecule has 0 saturated carbocycles. The Labute approximate surface area is 187 Å². The second-order valence-corrected chi connectivity index (χ2v) is 8.37. The predicted molar refractivity (Wildman–Crippen MR) is 120 cm³/mol. The molecule has 0 N–H and O–H groups in total. The molecule has 1 heterocycles. The molecular weight excluding hydrogens is 436 g/mol. The van der Waals surface area contributed by atoms with Gasteiger partial charge in [-0.1, -0.05) is 23.5 Å². The number of hydrogen-bond acceptors (Lipinski definition) is 7. The lowest BCUT2D eigenvalue weighted by Gasteiger charge is -2.05. The third kappa shape index (κ3) is 5.62. The number of methoxy groups -OCH3 is 1. The monoisotopic (exact) mass is 458 g/mol. The van der Waals surface area contributed by atoms with Gasteiger partial charge in [0.25, 0.3) is 5.91 Å². The van der Waals surface area contributed by atoms with Gasteiger partial charge in [0.1, 0.15) is 6.54 Å². The molecule has 0 saturated heterocycles. The minimum atomic E-state index is -0.462. The van der Waals surface area contributed by atoms with E-state index in [2.05, 4.69) is 4.99 Å². The number of esters is 2. The minimum absolute atomic E-state index is 0.0935. The molecular formula is C22H22N2O5S2. The van der Waals surface area contributed by atoms with Gasteiger partial charge >= 0.3 is 11.9 Å². The highest BCUT2D eigenvalue weighted by Gasteiger charge is 2.15. The Morgan fingerprint density at radius 3 is 2.52 bits per heavy atom. The van der Waals surface area contributed by atoms with E-state index in [4.69, 9.17) is 9.47 Å². The average Bonchev–Trinajstić information content (AvgIpc) is 3.10. The van der Waals surface area contributed by atoms with Crippen LogP contribution < -0.4 is 4.80 Å². The van der Waals surface area contributed by atoms with Crippen molar-refractivity contribution in [3.8, 4) is 0 Å². The molecule has 0 bridgehead atoms. The fraction of sp³-hybridized carbons (Fsp3) is 0.273. The number of amides is 1. The van der Waals surface area contributed by atoms with E-state index >= 15 is 0 Å². The molecule has 2 aromatic carbocycles. The number of carbonyl (C=O) groups excluding carboxylic acids is 3. The number of rotatable bonds is 7. The lowest BCUT2D eigenvalue weighted by atomic mass is 10.1. The maximum absolute atomic E-state index is 12.6. The first kappa shape index (κ1) is 22.8. The van der Waals surface area contributed by atoms with Crippen LogP contribution in [0.25, 0.3) is 10.2 Å². The van der Waals surface area contributed by atoms with Crippen LogP contribution >= 0.6 is 23.1 Å². The number of ether oxygens (including phenoxy) is 2. The minimum Gasteiger partial charge on any atom is -0.468 e. The van der Waals surface area contributed by atoms with Crippen molar-refractivity contribution in [2.24, 2.45) is 4.99 Å². The van der Waals surface area contributed by atoms with Gasteiger partial charge in [-0.3, -0.25) is 9.59 Å². The van der Waals surface area contributed by atoms with Crippen LogP contribution in [-0.4, -0.2) is 42.4 Å². The van der Waals surface area contributed by atoms with E-state index in [-0.39, 0.29) is 25.5 Å². The number of benzene rings is 2. The zero-order valence-corrected chi connectivity index (χ0v) is 19.0. The van der Waals surface area contributed by atoms with Crippen LogP contribution in [0.5, 0.6) is 0 Å². The van der Waals surface area contributed by atoms with Crippen molar-refractivity contribution >= 4 is 51.2 Å². The molecule has 0 fully saturated rings. The van der Waals surface area contributed by atoms with Crippen molar-refractivity contribution in [2.45, 2.75) is 24.8 Å². The molecule has 0 spiro atoms. The van der Waals surface area contributed by atoms with Crippen LogP contribution in [0, 0.1) is 0 Å². The number of fused-ring (bicyclic) bond motifs is 1. The smallest absolute Gasteiger partial charge is 0.338 e. The van der Waals surface area contributed by atoms with E-state index in [1.807, 2.05) is 30.5 Å². The highest BCUT2D eigenvalue weighted by Crippen LogP contribution is 2.20. The summed E-state index contributed by atoms with van der Waals surface area (Å²) in [6.45, 7) is 1.92. The third-order valence-corrected chi connectivity index (χ3v) is 6.23. The lowest BCUT2D eigenvalue weighted by molar-refractivity contribution is -0.141. The highest BCUT2D eigenvalue weighted by atomic mass is 32.2. The zero-order valence-electron chi connectivity index (χ0n) is 17.4. The number of nitrogens with zero attached hydrogens (tertiary/aromatic N) is 2. The number of thioether (sulfide) groups is 1. The summed E-state index contributed by atoms with van der Waals surface area (Å²) in [5.41, 5.74) is 1.93. The first-order valence-corrected chi connectivity index (χ1v) is 11.6. The first-order chi connectivity index (χ1) is 14.9. The van der Waals surface area contributed by atoms with Crippen LogP contribution in [0.3, 0.4) is 0 Å². The van der Waals surface area contributed by atoms with E-state index in [9.17, 15) is 14.4 Å². The maximum atomic E-state index is 12.6. The Balaban J connectivity index is 1.98. The Hall–Kier alpha value is -2.91. The van der Waals surface area contributed by atoms with Crippen molar-refractivity contribution in [2.75, 3.05) is 20.0 Å². The van der Waals surface area contributed by atoms with Gasteiger partial charge in [-0.15, -0.1) is 11.8 Å². The summed E-state index contributed by atoms with van der Waals surface area (Å²) in [4.78, 5) is 42.3. The van der Waals surface area contributed by atoms with Gasteiger partial charge in [0.15, 0.2) is 4.80 Å². The van der Waals surface area contributed by atoms with Crippen LogP contribution in [0.2, 0.25) is 0 Å². The molecule has 1 aromatic heterocycles. The van der Waals surface area contributed by atoms with E-state index in [1.165, 1.54) is 18.4 Å². The predicted octanol–water partition coefficient (Wildman–Crippen LogP) is 3.44. The van der Waals surface area contributed by atoms with Crippen LogP contribution in [0.4, 0.5) is 0 Å². The van der Waals surface area contributed by atoms with Crippen molar-refractivity contribution in [1.82, 2.24) is 4.57 Å². The fourth-order valence-electron chi connectivity index (χ4n) is 2.91. The number of thiazole rings is 1. The molecule has 0 aliphatic heterocycles. The highest BCUT2D eigenvalue weighted by molar-refractivity contribution is 7.98. The second kappa shape index (κ2) is 10.4. The standard InChI is InChI=1S/C22H22N2O5S2/c1-4-29-21(27)15-7-10-17-18(12-15)31-22(24(17)13-20(26)28-2)23-19(25)11-14-5-8-16(30-3)9-6-14/h5-10,12H,4,11,13H2,1-3H3. The summed E-state index contributed by atoms with van der Waals surface area (Å²) in [5, 5.41) is 0. The van der Waals surface area contributed by atoms with Gasteiger partial charge in [-0.05, 0) is 49.1 Å². The van der Waals surface area contributed by atoms with Crippen molar-refractivity contribution < 1.29 is 23.9 Å². The quantitative estimate of drug-likeness (QED) is 0.398. The number of aromatic nitrogens is 1. The van der Waals surface area contributed by atoms with Gasteiger partial charge in [0, 0.05) is 4.90 Å². The largest absolute Gasteiger partial charge is 0.468 e. The summed E-state index contributed by atoms with van der Waals surface area (Å²) in [7, 11) is 1.30. The molecule has 0 unspecified atom stereocenters. The lowest BCUT2D eigenvalue weighted by Crippen LogP contribution is -2.22. The van der Waals surface area contributed by atoms with E-state index in [0.717, 1.165) is 10.5 Å². The maximum Gasteiger partial charge on any atom is 0.338 e. The van der Waals surface area contributed by atoms with Gasteiger partial charge in [0.05, 0.1) is 35.9 Å². The van der Waals surface area contributed by atoms with Crippen LogP contribution in [0.1, 0.15) is 22.8 Å². The SMILES string of the molecule is CCOC(=O)c1ccc2c(c1)sc(=NC(=O)Cc1ccc(SC)cc1)n2CC(=O)OC. The summed E-state index contributed by atoms with van der Waals surface area (Å²) in [6.07, 6.45) is 2.14.